The standard InChI is InChI=1S/C31H35N3O3/c1-5-34(6-2)22-13-11-20(12-14-22)31-30-27(32-25-9-7-8-10-26(25)33-31)17-21(18-28(30)35)24-16-15-23(36-3)19-29(24)37-4/h7-16,19,21,31-33H,5-6,17-18H2,1-4H3. The van der Waals surface area contributed by atoms with E-state index in [0.29, 0.717) is 12.8 Å². The summed E-state index contributed by atoms with van der Waals surface area (Å²) in [5.74, 6) is 1.64. The second-order valence-corrected chi connectivity index (χ2v) is 9.54. The van der Waals surface area contributed by atoms with Crippen LogP contribution in [0.15, 0.2) is 78.0 Å². The number of nitrogens with zero attached hydrogens (tertiary/aromatic N) is 1. The molecule has 0 radical (unpaired) electrons. The van der Waals surface area contributed by atoms with Crippen molar-refractivity contribution in [1.29, 1.82) is 0 Å². The lowest BCUT2D eigenvalue weighted by molar-refractivity contribution is -0.116. The number of methoxy groups -OCH3 is 2. The summed E-state index contributed by atoms with van der Waals surface area (Å²) in [4.78, 5) is 16.2. The number of hydrogen-bond donors (Lipinski definition) is 2. The molecule has 0 saturated carbocycles. The molecule has 192 valence electrons. The molecule has 0 spiro atoms. The van der Waals surface area contributed by atoms with Crippen LogP contribution in [0, 0.1) is 0 Å². The average Bonchev–Trinajstić information content (AvgIpc) is 3.10. The van der Waals surface area contributed by atoms with E-state index < -0.39 is 0 Å². The van der Waals surface area contributed by atoms with Crippen LogP contribution in [-0.4, -0.2) is 33.1 Å². The van der Waals surface area contributed by atoms with Crippen molar-refractivity contribution in [3.8, 4) is 11.5 Å². The van der Waals surface area contributed by atoms with Gasteiger partial charge in [0, 0.05) is 48.5 Å². The highest BCUT2D eigenvalue weighted by molar-refractivity contribution is 6.01. The van der Waals surface area contributed by atoms with Gasteiger partial charge in [-0.1, -0.05) is 30.3 Å². The summed E-state index contributed by atoms with van der Waals surface area (Å²) >= 11 is 0. The molecule has 6 heteroatoms. The summed E-state index contributed by atoms with van der Waals surface area (Å²) in [6.07, 6.45) is 1.14. The van der Waals surface area contributed by atoms with Crippen LogP contribution >= 0.6 is 0 Å². The van der Waals surface area contributed by atoms with Crippen molar-refractivity contribution in [3.05, 3.63) is 89.1 Å². The molecular weight excluding hydrogens is 462 g/mol. The van der Waals surface area contributed by atoms with Gasteiger partial charge in [-0.15, -0.1) is 0 Å². The predicted molar refractivity (Wildman–Crippen MR) is 150 cm³/mol. The highest BCUT2D eigenvalue weighted by atomic mass is 16.5. The zero-order valence-corrected chi connectivity index (χ0v) is 22.0. The summed E-state index contributed by atoms with van der Waals surface area (Å²) in [5, 5.41) is 7.30. The van der Waals surface area contributed by atoms with E-state index in [2.05, 4.69) is 65.8 Å². The number of fused-ring (bicyclic) bond motifs is 1. The Morgan fingerprint density at radius 1 is 0.892 bits per heavy atom. The van der Waals surface area contributed by atoms with Gasteiger partial charge in [-0.2, -0.15) is 0 Å². The van der Waals surface area contributed by atoms with E-state index in [4.69, 9.17) is 9.47 Å². The summed E-state index contributed by atoms with van der Waals surface area (Å²) in [6, 6.07) is 22.4. The molecule has 2 N–H and O–H groups in total. The third-order valence-electron chi connectivity index (χ3n) is 7.54. The van der Waals surface area contributed by atoms with Crippen LogP contribution in [-0.2, 0) is 4.79 Å². The lowest BCUT2D eigenvalue weighted by Gasteiger charge is -2.31. The Hall–Kier alpha value is -3.93. The van der Waals surface area contributed by atoms with Crippen molar-refractivity contribution in [1.82, 2.24) is 0 Å². The van der Waals surface area contributed by atoms with Crippen molar-refractivity contribution in [2.75, 3.05) is 42.8 Å². The SMILES string of the molecule is CCN(CC)c1ccc(C2Nc3ccccc3NC3=C2C(=O)CC(c2ccc(OC)cc2OC)C3)cc1. The van der Waals surface area contributed by atoms with E-state index in [1.54, 1.807) is 14.2 Å². The highest BCUT2D eigenvalue weighted by Crippen LogP contribution is 2.46. The zero-order chi connectivity index (χ0) is 25.9. The number of Topliss-reactive ketones (excluding diaryl/α,β-unsaturated/α-hetero) is 1. The molecule has 2 unspecified atom stereocenters. The number of anilines is 3. The number of benzene rings is 3. The van der Waals surface area contributed by atoms with E-state index in [-0.39, 0.29) is 17.7 Å². The Kier molecular flexibility index (Phi) is 7.08. The number of ether oxygens (including phenoxy) is 2. The fourth-order valence-electron chi connectivity index (χ4n) is 5.58. The van der Waals surface area contributed by atoms with Gasteiger partial charge in [0.15, 0.2) is 5.78 Å². The maximum absolute atomic E-state index is 13.9. The first kappa shape index (κ1) is 24.8. The molecule has 1 aliphatic carbocycles. The number of nitrogens with one attached hydrogen (secondary N) is 2. The maximum Gasteiger partial charge on any atom is 0.163 e. The fraction of sp³-hybridized carbons (Fsp3) is 0.323. The van der Waals surface area contributed by atoms with Gasteiger partial charge in [0.1, 0.15) is 11.5 Å². The van der Waals surface area contributed by atoms with Gasteiger partial charge in [0.05, 0.1) is 31.6 Å². The molecule has 3 aromatic carbocycles. The van der Waals surface area contributed by atoms with Crippen molar-refractivity contribution in [2.45, 2.75) is 38.6 Å². The van der Waals surface area contributed by atoms with Crippen LogP contribution in [0.25, 0.3) is 0 Å². The molecule has 0 fully saturated rings. The van der Waals surface area contributed by atoms with Gasteiger partial charge in [0.25, 0.3) is 0 Å². The summed E-state index contributed by atoms with van der Waals surface area (Å²) in [7, 11) is 3.31. The minimum absolute atomic E-state index is 0.00978. The first-order chi connectivity index (χ1) is 18.1. The van der Waals surface area contributed by atoms with E-state index >= 15 is 0 Å². The highest BCUT2D eigenvalue weighted by Gasteiger charge is 2.37. The van der Waals surface area contributed by atoms with Crippen molar-refractivity contribution >= 4 is 22.8 Å². The van der Waals surface area contributed by atoms with E-state index in [9.17, 15) is 4.79 Å². The third-order valence-corrected chi connectivity index (χ3v) is 7.54. The van der Waals surface area contributed by atoms with E-state index in [0.717, 1.165) is 58.4 Å². The molecule has 0 aromatic heterocycles. The first-order valence-electron chi connectivity index (χ1n) is 13.0. The number of allylic oxidation sites excluding steroid dienone is 1. The fourth-order valence-corrected chi connectivity index (χ4v) is 5.58. The molecular formula is C31H35N3O3. The molecule has 37 heavy (non-hydrogen) atoms. The Morgan fingerprint density at radius 2 is 1.62 bits per heavy atom. The molecule has 1 heterocycles. The molecule has 1 aliphatic heterocycles. The Labute approximate surface area is 219 Å². The minimum Gasteiger partial charge on any atom is -0.497 e. The monoisotopic (exact) mass is 497 g/mol. The second kappa shape index (κ2) is 10.6. The Morgan fingerprint density at radius 3 is 2.30 bits per heavy atom. The quantitative estimate of drug-likeness (QED) is 0.387. The van der Waals surface area contributed by atoms with Gasteiger partial charge < -0.3 is 25.0 Å². The molecule has 2 aliphatic rings. The maximum atomic E-state index is 13.9. The molecule has 3 aromatic rings. The molecule has 0 bridgehead atoms. The molecule has 5 rings (SSSR count). The number of hydrogen-bond acceptors (Lipinski definition) is 6. The van der Waals surface area contributed by atoms with Gasteiger partial charge in [-0.25, -0.2) is 0 Å². The number of carbonyl (C=O) groups is 1. The second-order valence-electron chi connectivity index (χ2n) is 9.54. The van der Waals surface area contributed by atoms with Crippen LogP contribution in [0.3, 0.4) is 0 Å². The van der Waals surface area contributed by atoms with Gasteiger partial charge in [0.2, 0.25) is 0 Å². The molecule has 6 nitrogen and oxygen atoms in total. The largest absolute Gasteiger partial charge is 0.497 e. The summed E-state index contributed by atoms with van der Waals surface area (Å²) < 4.78 is 11.1. The zero-order valence-electron chi connectivity index (χ0n) is 22.0. The van der Waals surface area contributed by atoms with Crippen molar-refractivity contribution in [2.24, 2.45) is 0 Å². The lowest BCUT2D eigenvalue weighted by Crippen LogP contribution is -2.27. The van der Waals surface area contributed by atoms with E-state index in [1.807, 2.05) is 30.3 Å². The van der Waals surface area contributed by atoms with Crippen LogP contribution in [0.2, 0.25) is 0 Å². The summed E-state index contributed by atoms with van der Waals surface area (Å²) in [5.41, 5.74) is 7.04. The Bertz CT molecular complexity index is 1310. The van der Waals surface area contributed by atoms with Crippen LogP contribution in [0.4, 0.5) is 17.1 Å². The third kappa shape index (κ3) is 4.76. The molecule has 0 amide bonds. The lowest BCUT2D eigenvalue weighted by atomic mass is 9.78. The smallest absolute Gasteiger partial charge is 0.163 e. The van der Waals surface area contributed by atoms with Crippen LogP contribution in [0.5, 0.6) is 11.5 Å². The summed E-state index contributed by atoms with van der Waals surface area (Å²) in [6.45, 7) is 6.25. The van der Waals surface area contributed by atoms with Gasteiger partial charge in [-0.3, -0.25) is 4.79 Å². The molecule has 2 atom stereocenters. The van der Waals surface area contributed by atoms with E-state index in [1.165, 1.54) is 5.69 Å². The first-order valence-corrected chi connectivity index (χ1v) is 13.0. The van der Waals surface area contributed by atoms with Crippen molar-refractivity contribution < 1.29 is 14.3 Å². The topological polar surface area (TPSA) is 62.8 Å². The normalized spacial score (nSPS) is 18.6. The van der Waals surface area contributed by atoms with Crippen LogP contribution in [0.1, 0.15) is 49.8 Å². The number of para-hydroxylation sites is 2. The van der Waals surface area contributed by atoms with Crippen LogP contribution < -0.4 is 25.0 Å². The average molecular weight is 498 g/mol. The van der Waals surface area contributed by atoms with Crippen molar-refractivity contribution in [3.63, 3.8) is 0 Å². The minimum atomic E-state index is -0.233. The molecule has 0 saturated heterocycles. The Balaban J connectivity index is 1.55. The van der Waals surface area contributed by atoms with Gasteiger partial charge >= 0.3 is 0 Å². The van der Waals surface area contributed by atoms with Gasteiger partial charge in [-0.05, 0) is 61.7 Å². The predicted octanol–water partition coefficient (Wildman–Crippen LogP) is 6.53. The number of carbonyl (C=O) groups excluding carboxylic acids is 1. The number of rotatable bonds is 7. The number of ketones is 1.